The highest BCUT2D eigenvalue weighted by Crippen LogP contribution is 2.23. The van der Waals surface area contributed by atoms with Gasteiger partial charge in [0.05, 0.1) is 11.1 Å². The predicted molar refractivity (Wildman–Crippen MR) is 96.6 cm³/mol. The van der Waals surface area contributed by atoms with Gasteiger partial charge in [0.25, 0.3) is 0 Å². The first kappa shape index (κ1) is 18.2. The molecular weight excluding hydrogens is 328 g/mol. The second-order valence-electron chi connectivity index (χ2n) is 5.68. The normalized spacial score (nSPS) is 12.2. The van der Waals surface area contributed by atoms with Gasteiger partial charge in [0.1, 0.15) is 12.4 Å². The molecule has 7 nitrogen and oxygen atoms in total. The third-order valence-electron chi connectivity index (χ3n) is 3.63. The Balaban J connectivity index is 1.97. The number of hydrogen-bond donors (Lipinski definition) is 1. The minimum Gasteiger partial charge on any atom is -0.491 e. The number of nitrogens with zero attached hydrogens (tertiary/aromatic N) is 5. The molecule has 1 aromatic carbocycles. The van der Waals surface area contributed by atoms with Gasteiger partial charge in [-0.05, 0) is 26.1 Å². The van der Waals surface area contributed by atoms with Gasteiger partial charge in [0.2, 0.25) is 11.9 Å². The first-order valence-electron chi connectivity index (χ1n) is 7.65. The van der Waals surface area contributed by atoms with Gasteiger partial charge in [-0.1, -0.05) is 23.7 Å². The van der Waals surface area contributed by atoms with Crippen molar-refractivity contribution in [3.05, 3.63) is 35.1 Å². The van der Waals surface area contributed by atoms with E-state index in [2.05, 4.69) is 19.9 Å². The Morgan fingerprint density at radius 1 is 1.17 bits per heavy atom. The van der Waals surface area contributed by atoms with Gasteiger partial charge in [0, 0.05) is 20.6 Å². The van der Waals surface area contributed by atoms with Gasteiger partial charge in [0.15, 0.2) is 5.82 Å². The molecule has 0 fully saturated rings. The molecule has 8 heteroatoms. The summed E-state index contributed by atoms with van der Waals surface area (Å²) in [5.74, 6) is 2.08. The Labute approximate surface area is 147 Å². The maximum atomic E-state index is 6.08. The molecule has 0 aliphatic carbocycles. The van der Waals surface area contributed by atoms with E-state index in [-0.39, 0.29) is 12.0 Å². The number of rotatable bonds is 7. The van der Waals surface area contributed by atoms with E-state index in [9.17, 15) is 0 Å². The number of nitrogens with two attached hydrogens (primary N) is 1. The molecule has 2 N–H and O–H groups in total. The maximum Gasteiger partial charge on any atom is 0.229 e. The summed E-state index contributed by atoms with van der Waals surface area (Å²) in [4.78, 5) is 16.7. The molecule has 1 atom stereocenters. The minimum absolute atomic E-state index is 0.0242. The molecular formula is C16H23ClN6O. The lowest BCUT2D eigenvalue weighted by atomic mass is 10.3. The van der Waals surface area contributed by atoms with Gasteiger partial charge >= 0.3 is 0 Å². The van der Waals surface area contributed by atoms with Crippen LogP contribution < -0.4 is 15.4 Å². The topological polar surface area (TPSA) is 80.4 Å². The van der Waals surface area contributed by atoms with Crippen molar-refractivity contribution in [1.82, 2.24) is 19.9 Å². The molecule has 0 bridgehead atoms. The minimum atomic E-state index is -0.0242. The molecule has 0 unspecified atom stereocenters. The number of para-hydroxylation sites is 1. The number of halogens is 1. The van der Waals surface area contributed by atoms with Crippen LogP contribution in [0, 0.1) is 0 Å². The van der Waals surface area contributed by atoms with E-state index in [0.717, 1.165) is 0 Å². The number of likely N-dealkylation sites (N-methyl/N-ethyl adjacent to an activating group) is 1. The lowest BCUT2D eigenvalue weighted by Crippen LogP contribution is -2.29. The van der Waals surface area contributed by atoms with E-state index < -0.39 is 0 Å². The van der Waals surface area contributed by atoms with Crippen molar-refractivity contribution in [1.29, 1.82) is 0 Å². The van der Waals surface area contributed by atoms with Crippen LogP contribution in [-0.2, 0) is 0 Å². The summed E-state index contributed by atoms with van der Waals surface area (Å²) in [6.07, 6.45) is 0. The van der Waals surface area contributed by atoms with Crippen LogP contribution in [0.2, 0.25) is 5.02 Å². The lowest BCUT2D eigenvalue weighted by molar-refractivity contribution is 0.196. The number of hydrogen-bond acceptors (Lipinski definition) is 7. The predicted octanol–water partition coefficient (Wildman–Crippen LogP) is 2.25. The molecule has 0 spiro atoms. The third kappa shape index (κ3) is 4.69. The average Bonchev–Trinajstić information content (AvgIpc) is 2.55. The largest absolute Gasteiger partial charge is 0.491 e. The van der Waals surface area contributed by atoms with E-state index in [4.69, 9.17) is 22.1 Å². The van der Waals surface area contributed by atoms with Crippen molar-refractivity contribution < 1.29 is 4.74 Å². The molecule has 130 valence electrons. The molecule has 0 saturated carbocycles. The van der Waals surface area contributed by atoms with Crippen molar-refractivity contribution in [2.24, 2.45) is 0 Å². The summed E-state index contributed by atoms with van der Waals surface area (Å²) < 4.78 is 5.72. The quantitative estimate of drug-likeness (QED) is 0.820. The fourth-order valence-corrected chi connectivity index (χ4v) is 2.23. The number of aromatic nitrogens is 3. The maximum absolute atomic E-state index is 6.08. The Hall–Kier alpha value is -2.12. The van der Waals surface area contributed by atoms with Crippen molar-refractivity contribution >= 4 is 23.5 Å². The third-order valence-corrected chi connectivity index (χ3v) is 3.94. The zero-order valence-corrected chi connectivity index (χ0v) is 15.2. The van der Waals surface area contributed by atoms with Crippen LogP contribution in [0.3, 0.4) is 0 Å². The molecule has 2 aromatic rings. The summed E-state index contributed by atoms with van der Waals surface area (Å²) in [6, 6.07) is 7.39. The fourth-order valence-electron chi connectivity index (χ4n) is 2.04. The zero-order valence-electron chi connectivity index (χ0n) is 14.4. The van der Waals surface area contributed by atoms with Crippen LogP contribution >= 0.6 is 11.6 Å². The number of ether oxygens (including phenoxy) is 1. The molecule has 1 aromatic heterocycles. The molecule has 0 aliphatic heterocycles. The Kier molecular flexibility index (Phi) is 6.16. The van der Waals surface area contributed by atoms with Gasteiger partial charge in [-0.3, -0.25) is 4.90 Å². The van der Waals surface area contributed by atoms with Gasteiger partial charge in [-0.2, -0.15) is 15.0 Å². The van der Waals surface area contributed by atoms with E-state index >= 15 is 0 Å². The summed E-state index contributed by atoms with van der Waals surface area (Å²) in [7, 11) is 5.71. The first-order chi connectivity index (χ1) is 11.4. The van der Waals surface area contributed by atoms with Crippen molar-refractivity contribution in [2.75, 3.05) is 44.9 Å². The van der Waals surface area contributed by atoms with E-state index in [1.807, 2.05) is 46.3 Å². The van der Waals surface area contributed by atoms with E-state index in [0.29, 0.717) is 35.7 Å². The summed E-state index contributed by atoms with van der Waals surface area (Å²) in [5, 5.41) is 0.606. The van der Waals surface area contributed by atoms with Gasteiger partial charge in [-0.25, -0.2) is 0 Å². The molecule has 0 saturated heterocycles. The van der Waals surface area contributed by atoms with Crippen LogP contribution in [-0.4, -0.2) is 54.1 Å². The van der Waals surface area contributed by atoms with E-state index in [1.54, 1.807) is 11.0 Å². The fraction of sp³-hybridized carbons (Fsp3) is 0.438. The van der Waals surface area contributed by atoms with Crippen molar-refractivity contribution in [3.63, 3.8) is 0 Å². The Morgan fingerprint density at radius 2 is 1.88 bits per heavy atom. The SMILES string of the molecule is C[C@H](c1nc(N)nc(N(C)C)n1)N(C)CCOc1ccccc1Cl. The zero-order chi connectivity index (χ0) is 17.7. The van der Waals surface area contributed by atoms with Gasteiger partial charge < -0.3 is 15.4 Å². The van der Waals surface area contributed by atoms with E-state index in [1.165, 1.54) is 0 Å². The van der Waals surface area contributed by atoms with Crippen LogP contribution in [0.25, 0.3) is 0 Å². The number of anilines is 2. The Bertz CT molecular complexity index is 681. The summed E-state index contributed by atoms with van der Waals surface area (Å²) >= 11 is 6.08. The highest BCUT2D eigenvalue weighted by Gasteiger charge is 2.17. The van der Waals surface area contributed by atoms with Crippen LogP contribution in [0.5, 0.6) is 5.75 Å². The Morgan fingerprint density at radius 3 is 2.54 bits per heavy atom. The van der Waals surface area contributed by atoms with Gasteiger partial charge in [-0.15, -0.1) is 0 Å². The highest BCUT2D eigenvalue weighted by atomic mass is 35.5. The first-order valence-corrected chi connectivity index (χ1v) is 8.02. The second-order valence-corrected chi connectivity index (χ2v) is 6.09. The standard InChI is InChI=1S/C16H23ClN6O/c1-11(14-19-15(18)21-16(20-14)22(2)3)23(4)9-10-24-13-8-6-5-7-12(13)17/h5-8,11H,9-10H2,1-4H3,(H2,18,19,20,21)/t11-/m1/s1. The second kappa shape index (κ2) is 8.12. The molecule has 0 amide bonds. The van der Waals surface area contributed by atoms with Crippen molar-refractivity contribution in [3.8, 4) is 5.75 Å². The molecule has 0 aliphatic rings. The molecule has 24 heavy (non-hydrogen) atoms. The molecule has 2 rings (SSSR count). The highest BCUT2D eigenvalue weighted by molar-refractivity contribution is 6.32. The van der Waals surface area contributed by atoms with Crippen molar-refractivity contribution in [2.45, 2.75) is 13.0 Å². The molecule has 1 heterocycles. The summed E-state index contributed by atoms with van der Waals surface area (Å²) in [5.41, 5.74) is 5.78. The average molecular weight is 351 g/mol. The van der Waals surface area contributed by atoms with Crippen LogP contribution in [0.15, 0.2) is 24.3 Å². The summed E-state index contributed by atoms with van der Waals surface area (Å²) in [6.45, 7) is 3.21. The van der Waals surface area contributed by atoms with Crippen LogP contribution in [0.1, 0.15) is 18.8 Å². The monoisotopic (exact) mass is 350 g/mol. The number of benzene rings is 1. The lowest BCUT2D eigenvalue weighted by Gasteiger charge is -2.24. The number of nitrogen functional groups attached to an aromatic ring is 1. The van der Waals surface area contributed by atoms with Crippen LogP contribution in [0.4, 0.5) is 11.9 Å². The molecule has 0 radical (unpaired) electrons. The smallest absolute Gasteiger partial charge is 0.229 e.